The quantitative estimate of drug-likeness (QED) is 0.739. The molecule has 1 amide bonds. The van der Waals surface area contributed by atoms with E-state index in [2.05, 4.69) is 0 Å². The van der Waals surface area contributed by atoms with Gasteiger partial charge >= 0.3 is 6.09 Å². The molecule has 0 aliphatic carbocycles. The summed E-state index contributed by atoms with van der Waals surface area (Å²) in [5, 5.41) is 0. The number of rotatable bonds is 1. The summed E-state index contributed by atoms with van der Waals surface area (Å²) in [5.41, 5.74) is 5.42. The van der Waals surface area contributed by atoms with Crippen LogP contribution >= 0.6 is 0 Å². The Morgan fingerprint density at radius 2 is 2.18 bits per heavy atom. The van der Waals surface area contributed by atoms with Gasteiger partial charge in [-0.05, 0) is 27.3 Å². The first-order valence-corrected chi connectivity index (χ1v) is 6.12. The Morgan fingerprint density at radius 3 is 2.53 bits per heavy atom. The first-order chi connectivity index (χ1) is 7.86. The van der Waals surface area contributed by atoms with Crippen molar-refractivity contribution in [2.75, 3.05) is 32.8 Å². The van der Waals surface area contributed by atoms with Gasteiger partial charge in [-0.15, -0.1) is 0 Å². The monoisotopic (exact) mass is 242 g/mol. The van der Waals surface area contributed by atoms with Crippen LogP contribution in [0.2, 0.25) is 0 Å². The number of nitrogens with zero attached hydrogens (tertiary/aromatic N) is 1. The molecule has 0 aromatic carbocycles. The largest absolute Gasteiger partial charge is 0.444 e. The van der Waals surface area contributed by atoms with Crippen molar-refractivity contribution in [2.24, 2.45) is 17.1 Å². The van der Waals surface area contributed by atoms with E-state index in [0.29, 0.717) is 38.8 Å². The average Bonchev–Trinajstić information content (AvgIpc) is 2.53. The first-order valence-electron chi connectivity index (χ1n) is 6.12. The van der Waals surface area contributed by atoms with Crippen molar-refractivity contribution in [3.8, 4) is 0 Å². The molecule has 1 unspecified atom stereocenters. The summed E-state index contributed by atoms with van der Waals surface area (Å²) in [4.78, 5) is 13.7. The molecule has 5 heteroatoms. The number of ether oxygens (including phenoxy) is 2. The molecule has 0 saturated carbocycles. The van der Waals surface area contributed by atoms with Crippen molar-refractivity contribution in [1.82, 2.24) is 4.90 Å². The van der Waals surface area contributed by atoms with Crippen molar-refractivity contribution in [3.63, 3.8) is 0 Å². The van der Waals surface area contributed by atoms with Crippen LogP contribution in [0.5, 0.6) is 0 Å². The van der Waals surface area contributed by atoms with Crippen LogP contribution in [0.3, 0.4) is 0 Å². The van der Waals surface area contributed by atoms with Crippen LogP contribution in [0.15, 0.2) is 0 Å². The first kappa shape index (κ1) is 12.6. The summed E-state index contributed by atoms with van der Waals surface area (Å²) in [7, 11) is 0. The lowest BCUT2D eigenvalue weighted by Crippen LogP contribution is -2.51. The Labute approximate surface area is 102 Å². The van der Waals surface area contributed by atoms with E-state index in [1.165, 1.54) is 0 Å². The third-order valence-electron chi connectivity index (χ3n) is 3.53. The highest BCUT2D eigenvalue weighted by atomic mass is 16.6. The molecule has 0 aromatic rings. The normalized spacial score (nSPS) is 27.1. The molecule has 2 rings (SSSR count). The number of carbonyl (C=O) groups excluding carboxylic acids is 1. The lowest BCUT2D eigenvalue weighted by Gasteiger charge is -2.41. The summed E-state index contributed by atoms with van der Waals surface area (Å²) in [6, 6.07) is 0. The van der Waals surface area contributed by atoms with E-state index in [0.717, 1.165) is 0 Å². The summed E-state index contributed by atoms with van der Waals surface area (Å²) in [5.74, 6) is 0.337. The van der Waals surface area contributed by atoms with E-state index in [1.807, 2.05) is 20.8 Å². The minimum Gasteiger partial charge on any atom is -0.444 e. The predicted octanol–water partition coefficient (Wildman–Crippen LogP) is 0.829. The summed E-state index contributed by atoms with van der Waals surface area (Å²) in [6.45, 7) is 9.07. The molecule has 98 valence electrons. The third kappa shape index (κ3) is 2.40. The molecule has 1 atom stereocenters. The minimum atomic E-state index is -0.443. The van der Waals surface area contributed by atoms with Crippen LogP contribution in [0.25, 0.3) is 0 Å². The van der Waals surface area contributed by atoms with Gasteiger partial charge in [0.2, 0.25) is 0 Å². The summed E-state index contributed by atoms with van der Waals surface area (Å²) < 4.78 is 10.7. The fraction of sp³-hybridized carbons (Fsp3) is 0.917. The summed E-state index contributed by atoms with van der Waals surface area (Å²) in [6.07, 6.45) is -0.236. The predicted molar refractivity (Wildman–Crippen MR) is 63.6 cm³/mol. The lowest BCUT2D eigenvalue weighted by atomic mass is 9.76. The summed E-state index contributed by atoms with van der Waals surface area (Å²) >= 11 is 0. The SMILES string of the molecule is CC(C)(C)OC(=O)N1CC(CN)C2(COC2)C1. The highest BCUT2D eigenvalue weighted by Gasteiger charge is 2.52. The molecule has 2 aliphatic rings. The molecule has 2 fully saturated rings. The second kappa shape index (κ2) is 4.14. The maximum absolute atomic E-state index is 12.0. The van der Waals surface area contributed by atoms with Crippen molar-refractivity contribution in [3.05, 3.63) is 0 Å². The van der Waals surface area contributed by atoms with Crippen molar-refractivity contribution >= 4 is 6.09 Å². The molecule has 2 aliphatic heterocycles. The second-order valence-electron chi connectivity index (χ2n) is 6.15. The van der Waals surface area contributed by atoms with Crippen LogP contribution in [-0.4, -0.2) is 49.4 Å². The van der Waals surface area contributed by atoms with Gasteiger partial charge in [0, 0.05) is 24.4 Å². The zero-order valence-corrected chi connectivity index (χ0v) is 10.9. The molecule has 1 spiro atoms. The van der Waals surface area contributed by atoms with Gasteiger partial charge in [-0.25, -0.2) is 4.79 Å². The Morgan fingerprint density at radius 1 is 1.53 bits per heavy atom. The topological polar surface area (TPSA) is 64.8 Å². The maximum Gasteiger partial charge on any atom is 0.410 e. The number of carbonyl (C=O) groups is 1. The van der Waals surface area contributed by atoms with E-state index < -0.39 is 5.60 Å². The Bertz CT molecular complexity index is 307. The Hall–Kier alpha value is -0.810. The van der Waals surface area contributed by atoms with Crippen LogP contribution in [0.1, 0.15) is 20.8 Å². The van der Waals surface area contributed by atoms with Gasteiger partial charge in [0.05, 0.1) is 13.2 Å². The maximum atomic E-state index is 12.0. The van der Waals surface area contributed by atoms with Crippen LogP contribution in [0, 0.1) is 11.3 Å². The average molecular weight is 242 g/mol. The molecular weight excluding hydrogens is 220 g/mol. The highest BCUT2D eigenvalue weighted by molar-refractivity contribution is 5.68. The van der Waals surface area contributed by atoms with Crippen molar-refractivity contribution < 1.29 is 14.3 Å². The van der Waals surface area contributed by atoms with Crippen molar-refractivity contribution in [2.45, 2.75) is 26.4 Å². The smallest absolute Gasteiger partial charge is 0.410 e. The van der Waals surface area contributed by atoms with Gasteiger partial charge in [0.1, 0.15) is 5.60 Å². The zero-order valence-electron chi connectivity index (χ0n) is 10.9. The van der Waals surface area contributed by atoms with E-state index >= 15 is 0 Å². The minimum absolute atomic E-state index is 0.0889. The van der Waals surface area contributed by atoms with Gasteiger partial charge in [-0.3, -0.25) is 0 Å². The highest BCUT2D eigenvalue weighted by Crippen LogP contribution is 2.42. The number of hydrogen-bond acceptors (Lipinski definition) is 4. The number of nitrogens with two attached hydrogens (primary N) is 1. The molecular formula is C12H22N2O3. The van der Waals surface area contributed by atoms with E-state index in [4.69, 9.17) is 15.2 Å². The molecule has 2 N–H and O–H groups in total. The molecule has 0 aromatic heterocycles. The van der Waals surface area contributed by atoms with E-state index in [1.54, 1.807) is 4.90 Å². The second-order valence-corrected chi connectivity index (χ2v) is 6.15. The number of hydrogen-bond donors (Lipinski definition) is 1. The fourth-order valence-corrected chi connectivity index (χ4v) is 2.51. The molecule has 2 saturated heterocycles. The number of likely N-dealkylation sites (tertiary alicyclic amines) is 1. The fourth-order valence-electron chi connectivity index (χ4n) is 2.51. The van der Waals surface area contributed by atoms with Gasteiger partial charge in [-0.1, -0.05) is 0 Å². The lowest BCUT2D eigenvalue weighted by molar-refractivity contribution is -0.125. The molecule has 2 heterocycles. The van der Waals surface area contributed by atoms with Crippen LogP contribution in [-0.2, 0) is 9.47 Å². The van der Waals surface area contributed by atoms with Gasteiger partial charge in [-0.2, -0.15) is 0 Å². The van der Waals surface area contributed by atoms with Crippen LogP contribution in [0.4, 0.5) is 4.79 Å². The Kier molecular flexibility index (Phi) is 3.08. The zero-order chi connectivity index (χ0) is 12.7. The molecule has 17 heavy (non-hydrogen) atoms. The molecule has 0 bridgehead atoms. The third-order valence-corrected chi connectivity index (χ3v) is 3.53. The standard InChI is InChI=1S/C12H22N2O3/c1-11(2,3)17-10(15)14-5-9(4-13)12(6-14)7-16-8-12/h9H,4-8,13H2,1-3H3. The van der Waals surface area contributed by atoms with E-state index in [-0.39, 0.29) is 11.5 Å². The number of amides is 1. The van der Waals surface area contributed by atoms with E-state index in [9.17, 15) is 4.79 Å². The van der Waals surface area contributed by atoms with Crippen LogP contribution < -0.4 is 5.73 Å². The molecule has 0 radical (unpaired) electrons. The Balaban J connectivity index is 1.98. The molecule has 5 nitrogen and oxygen atoms in total. The van der Waals surface area contributed by atoms with Crippen molar-refractivity contribution in [1.29, 1.82) is 0 Å². The van der Waals surface area contributed by atoms with Gasteiger partial charge < -0.3 is 20.1 Å². The van der Waals surface area contributed by atoms with Gasteiger partial charge in [0.15, 0.2) is 0 Å². The van der Waals surface area contributed by atoms with Gasteiger partial charge in [0.25, 0.3) is 0 Å².